The van der Waals surface area contributed by atoms with E-state index in [1.54, 1.807) is 0 Å². The van der Waals surface area contributed by atoms with E-state index in [0.29, 0.717) is 5.92 Å². The zero-order valence-electron chi connectivity index (χ0n) is 12.7. The highest BCUT2D eigenvalue weighted by Gasteiger charge is 2.34. The van der Waals surface area contributed by atoms with Gasteiger partial charge in [-0.15, -0.1) is 0 Å². The van der Waals surface area contributed by atoms with Crippen molar-refractivity contribution in [3.8, 4) is 0 Å². The number of nitrogens with one attached hydrogen (secondary N) is 1. The minimum Gasteiger partial charge on any atom is -0.459 e. The fourth-order valence-corrected chi connectivity index (χ4v) is 2.80. The van der Waals surface area contributed by atoms with Crippen molar-refractivity contribution >= 4 is 5.97 Å². The Morgan fingerprint density at radius 3 is 2.35 bits per heavy atom. The highest BCUT2D eigenvalue weighted by atomic mass is 16.6. The van der Waals surface area contributed by atoms with Gasteiger partial charge in [0.25, 0.3) is 0 Å². The van der Waals surface area contributed by atoms with Crippen LogP contribution in [0.3, 0.4) is 0 Å². The van der Waals surface area contributed by atoms with Gasteiger partial charge >= 0.3 is 5.97 Å². The van der Waals surface area contributed by atoms with Crippen LogP contribution >= 0.6 is 0 Å². The molecule has 1 unspecified atom stereocenters. The molecule has 3 nitrogen and oxygen atoms in total. The number of hydrogen-bond acceptors (Lipinski definition) is 3. The van der Waals surface area contributed by atoms with Gasteiger partial charge in [0.2, 0.25) is 0 Å². The van der Waals surface area contributed by atoms with Crippen LogP contribution in [0.15, 0.2) is 30.3 Å². The van der Waals surface area contributed by atoms with E-state index in [9.17, 15) is 4.79 Å². The zero-order chi connectivity index (χ0) is 14.6. The lowest BCUT2D eigenvalue weighted by Gasteiger charge is -2.32. The van der Waals surface area contributed by atoms with Crippen LogP contribution in [0.2, 0.25) is 0 Å². The number of hydrogen-bond donors (Lipinski definition) is 1. The molecular formula is C17H25NO2. The lowest BCUT2D eigenvalue weighted by molar-refractivity contribution is -0.158. The maximum absolute atomic E-state index is 12.6. The van der Waals surface area contributed by atoms with Gasteiger partial charge < -0.3 is 10.1 Å². The number of carbonyl (C=O) groups is 1. The first-order valence-electron chi connectivity index (χ1n) is 7.46. The standard InChI is InChI=1S/C17H25NO2/c1-17(2,3)20-16(19)15(13-7-5-4-6-8-13)14-9-11-18-12-10-14/h4-8,14-15,18H,9-12H2,1-3H3. The van der Waals surface area contributed by atoms with E-state index in [4.69, 9.17) is 4.74 Å². The molecule has 110 valence electrons. The second kappa shape index (κ2) is 6.40. The molecule has 1 aromatic carbocycles. The summed E-state index contributed by atoms with van der Waals surface area (Å²) in [6.07, 6.45) is 2.05. The second-order valence-corrected chi connectivity index (χ2v) is 6.51. The first-order chi connectivity index (χ1) is 9.47. The van der Waals surface area contributed by atoms with Gasteiger partial charge in [-0.1, -0.05) is 30.3 Å². The van der Waals surface area contributed by atoms with Crippen LogP contribution < -0.4 is 5.32 Å². The molecule has 0 aromatic heterocycles. The number of carbonyl (C=O) groups excluding carboxylic acids is 1. The molecule has 20 heavy (non-hydrogen) atoms. The fourth-order valence-electron chi connectivity index (χ4n) is 2.80. The molecule has 0 saturated carbocycles. The molecule has 0 amide bonds. The Balaban J connectivity index is 2.22. The van der Waals surface area contributed by atoms with Gasteiger partial charge in [-0.2, -0.15) is 0 Å². The molecule has 3 heteroatoms. The van der Waals surface area contributed by atoms with Crippen molar-refractivity contribution in [2.45, 2.75) is 45.1 Å². The number of benzene rings is 1. The highest BCUT2D eigenvalue weighted by molar-refractivity contribution is 5.79. The van der Waals surface area contributed by atoms with Crippen LogP contribution in [-0.4, -0.2) is 24.7 Å². The van der Waals surface area contributed by atoms with E-state index < -0.39 is 5.60 Å². The summed E-state index contributed by atoms with van der Waals surface area (Å²) in [5.41, 5.74) is 0.644. The normalized spacial score (nSPS) is 18.6. The quantitative estimate of drug-likeness (QED) is 0.861. The predicted octanol–water partition coefficient (Wildman–Crippen LogP) is 3.11. The van der Waals surface area contributed by atoms with Gasteiger partial charge in [-0.25, -0.2) is 0 Å². The van der Waals surface area contributed by atoms with Crippen LogP contribution in [0, 0.1) is 5.92 Å². The third-order valence-corrected chi connectivity index (χ3v) is 3.67. The average Bonchev–Trinajstić information content (AvgIpc) is 2.39. The van der Waals surface area contributed by atoms with Gasteiger partial charge in [-0.05, 0) is 58.2 Å². The monoisotopic (exact) mass is 275 g/mol. The Bertz CT molecular complexity index is 430. The van der Waals surface area contributed by atoms with Crippen molar-refractivity contribution in [3.63, 3.8) is 0 Å². The zero-order valence-corrected chi connectivity index (χ0v) is 12.7. The van der Waals surface area contributed by atoms with Crippen LogP contribution in [0.4, 0.5) is 0 Å². The smallest absolute Gasteiger partial charge is 0.314 e. The SMILES string of the molecule is CC(C)(C)OC(=O)C(c1ccccc1)C1CCNCC1. The van der Waals surface area contributed by atoms with Gasteiger partial charge in [0, 0.05) is 0 Å². The van der Waals surface area contributed by atoms with E-state index in [2.05, 4.69) is 5.32 Å². The van der Waals surface area contributed by atoms with Gasteiger partial charge in [0.15, 0.2) is 0 Å². The number of rotatable bonds is 3. The van der Waals surface area contributed by atoms with Crippen molar-refractivity contribution in [1.82, 2.24) is 5.32 Å². The first kappa shape index (κ1) is 15.0. The average molecular weight is 275 g/mol. The second-order valence-electron chi connectivity index (χ2n) is 6.51. The summed E-state index contributed by atoms with van der Waals surface area (Å²) in [7, 11) is 0. The summed E-state index contributed by atoms with van der Waals surface area (Å²) in [4.78, 5) is 12.6. The number of piperidine rings is 1. The first-order valence-corrected chi connectivity index (χ1v) is 7.46. The van der Waals surface area contributed by atoms with Crippen LogP contribution in [0.5, 0.6) is 0 Å². The van der Waals surface area contributed by atoms with Crippen molar-refractivity contribution in [2.75, 3.05) is 13.1 Å². The van der Waals surface area contributed by atoms with Gasteiger partial charge in [-0.3, -0.25) is 4.79 Å². The molecule has 0 spiro atoms. The lowest BCUT2D eigenvalue weighted by atomic mass is 9.80. The Morgan fingerprint density at radius 2 is 1.80 bits per heavy atom. The Labute approximate surface area is 121 Å². The molecule has 1 aromatic rings. The van der Waals surface area contributed by atoms with E-state index in [1.807, 2.05) is 51.1 Å². The summed E-state index contributed by atoms with van der Waals surface area (Å²) < 4.78 is 5.65. The molecule has 0 bridgehead atoms. The van der Waals surface area contributed by atoms with Crippen molar-refractivity contribution in [2.24, 2.45) is 5.92 Å². The number of esters is 1. The molecular weight excluding hydrogens is 250 g/mol. The molecule has 2 rings (SSSR count). The van der Waals surface area contributed by atoms with E-state index >= 15 is 0 Å². The summed E-state index contributed by atoms with van der Waals surface area (Å²) >= 11 is 0. The molecule has 1 atom stereocenters. The maximum atomic E-state index is 12.6. The molecule has 1 aliphatic rings. The summed E-state index contributed by atoms with van der Waals surface area (Å²) in [5, 5.41) is 3.36. The van der Waals surface area contributed by atoms with E-state index in [1.165, 1.54) is 0 Å². The summed E-state index contributed by atoms with van der Waals surface area (Å²) in [6.45, 7) is 7.74. The van der Waals surface area contributed by atoms with E-state index in [-0.39, 0.29) is 11.9 Å². The number of ether oxygens (including phenoxy) is 1. The lowest BCUT2D eigenvalue weighted by Crippen LogP contribution is -2.36. The van der Waals surface area contributed by atoms with Crippen LogP contribution in [-0.2, 0) is 9.53 Å². The Morgan fingerprint density at radius 1 is 1.20 bits per heavy atom. The third kappa shape index (κ3) is 4.07. The molecule has 1 N–H and O–H groups in total. The van der Waals surface area contributed by atoms with Crippen molar-refractivity contribution in [1.29, 1.82) is 0 Å². The van der Waals surface area contributed by atoms with Gasteiger partial charge in [0.1, 0.15) is 5.60 Å². The van der Waals surface area contributed by atoms with Crippen LogP contribution in [0.1, 0.15) is 45.1 Å². The molecule has 1 saturated heterocycles. The molecule has 1 fully saturated rings. The van der Waals surface area contributed by atoms with Crippen LogP contribution in [0.25, 0.3) is 0 Å². The third-order valence-electron chi connectivity index (χ3n) is 3.67. The van der Waals surface area contributed by atoms with Crippen molar-refractivity contribution < 1.29 is 9.53 Å². The van der Waals surface area contributed by atoms with Crippen molar-refractivity contribution in [3.05, 3.63) is 35.9 Å². The fraction of sp³-hybridized carbons (Fsp3) is 0.588. The Hall–Kier alpha value is -1.35. The highest BCUT2D eigenvalue weighted by Crippen LogP contribution is 2.33. The topological polar surface area (TPSA) is 38.3 Å². The maximum Gasteiger partial charge on any atom is 0.314 e. The molecule has 1 heterocycles. The van der Waals surface area contributed by atoms with Gasteiger partial charge in [0.05, 0.1) is 5.92 Å². The molecule has 0 radical (unpaired) electrons. The Kier molecular flexibility index (Phi) is 4.81. The molecule has 0 aliphatic carbocycles. The van der Waals surface area contributed by atoms with E-state index in [0.717, 1.165) is 31.5 Å². The largest absolute Gasteiger partial charge is 0.459 e. The summed E-state index contributed by atoms with van der Waals surface area (Å²) in [6, 6.07) is 10.0. The minimum absolute atomic E-state index is 0.0874. The predicted molar refractivity (Wildman–Crippen MR) is 80.6 cm³/mol. The molecule has 1 aliphatic heterocycles. The minimum atomic E-state index is -0.434. The summed E-state index contributed by atoms with van der Waals surface area (Å²) in [5.74, 6) is 0.140.